The molecule has 0 heterocycles. The van der Waals surface area contributed by atoms with Crippen molar-refractivity contribution < 1.29 is 0 Å². The molecule has 0 aliphatic heterocycles. The molecule has 130 valence electrons. The molecule has 0 fully saturated rings. The van der Waals surface area contributed by atoms with Gasteiger partial charge in [-0.2, -0.15) is 0 Å². The molecule has 0 bridgehead atoms. The summed E-state index contributed by atoms with van der Waals surface area (Å²) >= 11 is 0. The first-order valence-electron chi connectivity index (χ1n) is 8.46. The minimum Gasteiger partial charge on any atom is -0.285 e. The van der Waals surface area contributed by atoms with Crippen LogP contribution in [0.15, 0.2) is 36.4 Å². The van der Waals surface area contributed by atoms with Crippen LogP contribution in [0.5, 0.6) is 0 Å². The number of rotatable bonds is 4. The van der Waals surface area contributed by atoms with E-state index < -0.39 is 0 Å². The molecule has 0 amide bonds. The molecule has 0 spiro atoms. The molecule has 3 rings (SSSR count). The molecular formula is C20H30N4. The highest BCUT2D eigenvalue weighted by Gasteiger charge is 2.64. The lowest BCUT2D eigenvalue weighted by molar-refractivity contribution is -0.189. The van der Waals surface area contributed by atoms with Gasteiger partial charge in [0.05, 0.1) is 0 Å². The summed E-state index contributed by atoms with van der Waals surface area (Å²) in [5, 5.41) is 2.69. The fourth-order valence-electron chi connectivity index (χ4n) is 5.31. The van der Waals surface area contributed by atoms with Crippen molar-refractivity contribution in [1.29, 1.82) is 0 Å². The van der Waals surface area contributed by atoms with Crippen LogP contribution in [-0.4, -0.2) is 76.0 Å². The zero-order valence-corrected chi connectivity index (χ0v) is 16.3. The number of nitrogens with zero attached hydrogens (tertiary/aromatic N) is 4. The van der Waals surface area contributed by atoms with E-state index in [9.17, 15) is 0 Å². The molecule has 0 atom stereocenters. The van der Waals surface area contributed by atoms with Gasteiger partial charge in [-0.1, -0.05) is 36.4 Å². The van der Waals surface area contributed by atoms with Crippen molar-refractivity contribution in [3.8, 4) is 0 Å². The Morgan fingerprint density at radius 3 is 1.17 bits per heavy atom. The summed E-state index contributed by atoms with van der Waals surface area (Å²) in [4.78, 5) is 9.45. The summed E-state index contributed by atoms with van der Waals surface area (Å²) in [5.74, 6) is 0. The van der Waals surface area contributed by atoms with E-state index in [2.05, 4.69) is 112 Å². The quantitative estimate of drug-likeness (QED) is 0.800. The lowest BCUT2D eigenvalue weighted by Gasteiger charge is -2.60. The van der Waals surface area contributed by atoms with E-state index in [0.717, 1.165) is 0 Å². The van der Waals surface area contributed by atoms with Crippen LogP contribution in [0.2, 0.25) is 0 Å². The third-order valence-electron chi connectivity index (χ3n) is 5.73. The maximum atomic E-state index is 2.36. The van der Waals surface area contributed by atoms with Gasteiger partial charge >= 0.3 is 0 Å². The number of hydrogen-bond acceptors (Lipinski definition) is 4. The third kappa shape index (κ3) is 1.72. The Morgan fingerprint density at radius 1 is 0.542 bits per heavy atom. The SMILES string of the molecule is CN(C)C1(N(C)C)c2cccc3cccc(c23)C1(N(C)C)N(C)C. The molecule has 2 aromatic rings. The summed E-state index contributed by atoms with van der Waals surface area (Å²) in [7, 11) is 17.5. The third-order valence-corrected chi connectivity index (χ3v) is 5.73. The minimum absolute atomic E-state index is 0.302. The fraction of sp³-hybridized carbons (Fsp3) is 0.500. The molecule has 0 saturated heterocycles. The smallest absolute Gasteiger partial charge is 0.137 e. The van der Waals surface area contributed by atoms with Gasteiger partial charge in [0.25, 0.3) is 0 Å². The van der Waals surface area contributed by atoms with Crippen molar-refractivity contribution in [2.24, 2.45) is 0 Å². The van der Waals surface area contributed by atoms with E-state index in [4.69, 9.17) is 0 Å². The van der Waals surface area contributed by atoms with Crippen LogP contribution in [0.25, 0.3) is 10.8 Å². The molecule has 0 aromatic heterocycles. The molecule has 0 saturated carbocycles. The standard InChI is InChI=1S/C20H30N4/c1-21(2)19(22(3)4)16-13-9-11-15-12-10-14-17(18(15)16)20(19,23(5)6)24(7)8/h9-14H,1-8H3. The molecule has 0 radical (unpaired) electrons. The van der Waals surface area contributed by atoms with E-state index in [1.165, 1.54) is 21.9 Å². The monoisotopic (exact) mass is 326 g/mol. The predicted octanol–water partition coefficient (Wildman–Crippen LogP) is 2.41. The van der Waals surface area contributed by atoms with E-state index in [0.29, 0.717) is 0 Å². The fourth-order valence-corrected chi connectivity index (χ4v) is 5.31. The highest BCUT2D eigenvalue weighted by atomic mass is 15.5. The van der Waals surface area contributed by atoms with Crippen LogP contribution < -0.4 is 0 Å². The van der Waals surface area contributed by atoms with E-state index in [1.807, 2.05) is 0 Å². The van der Waals surface area contributed by atoms with Crippen molar-refractivity contribution in [3.05, 3.63) is 47.5 Å². The maximum absolute atomic E-state index is 2.36. The summed E-state index contributed by atoms with van der Waals surface area (Å²) in [6.45, 7) is 0. The zero-order valence-electron chi connectivity index (χ0n) is 16.3. The zero-order chi connectivity index (χ0) is 17.9. The first-order valence-corrected chi connectivity index (χ1v) is 8.46. The molecule has 2 aromatic carbocycles. The Kier molecular flexibility index (Phi) is 4.00. The Balaban J connectivity index is 2.59. The van der Waals surface area contributed by atoms with Gasteiger partial charge in [0, 0.05) is 0 Å². The van der Waals surface area contributed by atoms with Crippen molar-refractivity contribution >= 4 is 10.8 Å². The van der Waals surface area contributed by atoms with Gasteiger partial charge in [-0.15, -0.1) is 0 Å². The predicted molar refractivity (Wildman–Crippen MR) is 102 cm³/mol. The van der Waals surface area contributed by atoms with Crippen LogP contribution >= 0.6 is 0 Å². The normalized spacial score (nSPS) is 18.5. The molecule has 0 unspecified atom stereocenters. The molecule has 4 nitrogen and oxygen atoms in total. The van der Waals surface area contributed by atoms with Crippen LogP contribution in [0.4, 0.5) is 0 Å². The largest absolute Gasteiger partial charge is 0.285 e. The average Bonchev–Trinajstić information content (AvgIpc) is 2.78. The van der Waals surface area contributed by atoms with Crippen LogP contribution in [0, 0.1) is 0 Å². The Bertz CT molecular complexity index is 685. The molecule has 1 aliphatic rings. The second kappa shape index (κ2) is 5.53. The van der Waals surface area contributed by atoms with Gasteiger partial charge in [0.1, 0.15) is 11.3 Å². The summed E-state index contributed by atoms with van der Waals surface area (Å²) in [5.41, 5.74) is 2.13. The average molecular weight is 326 g/mol. The highest BCUT2D eigenvalue weighted by Crippen LogP contribution is 2.58. The van der Waals surface area contributed by atoms with Crippen LogP contribution in [-0.2, 0) is 11.3 Å². The molecule has 0 N–H and O–H groups in total. The Morgan fingerprint density at radius 2 is 0.875 bits per heavy atom. The molecule has 24 heavy (non-hydrogen) atoms. The number of likely N-dealkylation sites (N-methyl/N-ethyl adjacent to an activating group) is 4. The Hall–Kier alpha value is -1.46. The first kappa shape index (κ1) is 17.4. The molecule has 1 aliphatic carbocycles. The lowest BCUT2D eigenvalue weighted by Crippen LogP contribution is -2.72. The van der Waals surface area contributed by atoms with Crippen molar-refractivity contribution in [1.82, 2.24) is 19.6 Å². The van der Waals surface area contributed by atoms with Crippen molar-refractivity contribution in [2.45, 2.75) is 11.3 Å². The maximum Gasteiger partial charge on any atom is 0.137 e. The molecular weight excluding hydrogens is 296 g/mol. The van der Waals surface area contributed by atoms with E-state index >= 15 is 0 Å². The van der Waals surface area contributed by atoms with Gasteiger partial charge in [0.2, 0.25) is 0 Å². The summed E-state index contributed by atoms with van der Waals surface area (Å²) < 4.78 is 0. The van der Waals surface area contributed by atoms with Crippen LogP contribution in [0.1, 0.15) is 11.1 Å². The van der Waals surface area contributed by atoms with E-state index in [1.54, 1.807) is 0 Å². The highest BCUT2D eigenvalue weighted by molar-refractivity contribution is 5.93. The van der Waals surface area contributed by atoms with Gasteiger partial charge in [-0.25, -0.2) is 0 Å². The topological polar surface area (TPSA) is 13.0 Å². The number of benzene rings is 2. The lowest BCUT2D eigenvalue weighted by atomic mass is 9.84. The summed E-state index contributed by atoms with van der Waals surface area (Å²) in [6, 6.07) is 13.4. The van der Waals surface area contributed by atoms with Crippen LogP contribution in [0.3, 0.4) is 0 Å². The first-order chi connectivity index (χ1) is 11.2. The van der Waals surface area contributed by atoms with Crippen molar-refractivity contribution in [2.75, 3.05) is 56.4 Å². The number of hydrogen-bond donors (Lipinski definition) is 0. The second-order valence-corrected chi connectivity index (χ2v) is 7.63. The van der Waals surface area contributed by atoms with Gasteiger partial charge in [0.15, 0.2) is 0 Å². The van der Waals surface area contributed by atoms with Gasteiger partial charge in [-0.3, -0.25) is 19.6 Å². The van der Waals surface area contributed by atoms with Crippen molar-refractivity contribution in [3.63, 3.8) is 0 Å². The van der Waals surface area contributed by atoms with E-state index in [-0.39, 0.29) is 11.3 Å². The van der Waals surface area contributed by atoms with Gasteiger partial charge in [-0.05, 0) is 78.3 Å². The van der Waals surface area contributed by atoms with Gasteiger partial charge < -0.3 is 0 Å². The Labute approximate surface area is 146 Å². The second-order valence-electron chi connectivity index (χ2n) is 7.63. The minimum atomic E-state index is -0.302. The molecule has 4 heteroatoms. The summed E-state index contributed by atoms with van der Waals surface area (Å²) in [6.07, 6.45) is 0.